The number of likely N-dealkylation sites (tertiary alicyclic amines) is 1. The van der Waals surface area contributed by atoms with Crippen molar-refractivity contribution in [3.05, 3.63) is 78.0 Å². The average molecular weight is 460 g/mol. The van der Waals surface area contributed by atoms with Gasteiger partial charge >= 0.3 is 6.09 Å². The van der Waals surface area contributed by atoms with E-state index in [1.165, 1.54) is 0 Å². The predicted octanol–water partition coefficient (Wildman–Crippen LogP) is 5.36. The van der Waals surface area contributed by atoms with Crippen LogP contribution in [-0.2, 0) is 4.74 Å². The molecule has 1 fully saturated rings. The predicted molar refractivity (Wildman–Crippen MR) is 130 cm³/mol. The van der Waals surface area contributed by atoms with E-state index in [2.05, 4.69) is 0 Å². The third-order valence-corrected chi connectivity index (χ3v) is 5.55. The van der Waals surface area contributed by atoms with E-state index in [9.17, 15) is 9.59 Å². The molecule has 1 atom stereocenters. The summed E-state index contributed by atoms with van der Waals surface area (Å²) in [4.78, 5) is 31.1. The summed E-state index contributed by atoms with van der Waals surface area (Å²) < 4.78 is 11.4. The van der Waals surface area contributed by atoms with Crippen LogP contribution in [0.4, 0.5) is 4.79 Å². The number of carbonyl (C=O) groups excluding carboxylic acids is 2. The highest BCUT2D eigenvalue weighted by Gasteiger charge is 2.31. The number of hydrogen-bond donors (Lipinski definition) is 1. The zero-order chi connectivity index (χ0) is 24.3. The lowest BCUT2D eigenvalue weighted by Crippen LogP contribution is -2.35. The van der Waals surface area contributed by atoms with E-state index in [4.69, 9.17) is 20.2 Å². The number of ether oxygens (including phenoxy) is 2. The SMILES string of the molecule is CC(C)(C)OC(=O)N1CCC(c2ccc(C(N)=O)c(-c3ccc(Oc4ccccc4)cc3)n2)C1. The van der Waals surface area contributed by atoms with Crippen LogP contribution in [0, 0.1) is 0 Å². The number of rotatable bonds is 5. The van der Waals surface area contributed by atoms with Crippen molar-refractivity contribution in [2.75, 3.05) is 13.1 Å². The Morgan fingerprint density at radius 1 is 0.971 bits per heavy atom. The summed E-state index contributed by atoms with van der Waals surface area (Å²) in [5, 5.41) is 0. The maximum atomic E-state index is 12.4. The summed E-state index contributed by atoms with van der Waals surface area (Å²) in [5.41, 5.74) is 7.54. The van der Waals surface area contributed by atoms with Crippen LogP contribution in [0.2, 0.25) is 0 Å². The Kier molecular flexibility index (Phi) is 6.54. The first-order chi connectivity index (χ1) is 16.2. The van der Waals surface area contributed by atoms with E-state index in [0.29, 0.717) is 30.1 Å². The van der Waals surface area contributed by atoms with Gasteiger partial charge in [-0.2, -0.15) is 0 Å². The molecule has 34 heavy (non-hydrogen) atoms. The minimum atomic E-state index is -0.542. The smallest absolute Gasteiger partial charge is 0.410 e. The fraction of sp³-hybridized carbons (Fsp3) is 0.296. The molecule has 7 nitrogen and oxygen atoms in total. The molecule has 3 aromatic rings. The van der Waals surface area contributed by atoms with Crippen molar-refractivity contribution in [2.45, 2.75) is 38.7 Å². The summed E-state index contributed by atoms with van der Waals surface area (Å²) in [5.74, 6) is 0.925. The van der Waals surface area contributed by atoms with Crippen LogP contribution >= 0.6 is 0 Å². The molecule has 0 radical (unpaired) electrons. The molecule has 0 saturated carbocycles. The zero-order valence-corrected chi connectivity index (χ0v) is 19.7. The molecule has 2 N–H and O–H groups in total. The largest absolute Gasteiger partial charge is 0.457 e. The first-order valence-electron chi connectivity index (χ1n) is 11.3. The Morgan fingerprint density at radius 2 is 1.65 bits per heavy atom. The molecule has 2 amide bonds. The minimum absolute atomic E-state index is 0.0499. The molecule has 1 saturated heterocycles. The Morgan fingerprint density at radius 3 is 2.29 bits per heavy atom. The number of nitrogens with zero attached hydrogens (tertiary/aromatic N) is 2. The number of aromatic nitrogens is 1. The molecule has 0 spiro atoms. The molecular formula is C27H29N3O4. The highest BCUT2D eigenvalue weighted by atomic mass is 16.6. The Labute approximate surface area is 199 Å². The van der Waals surface area contributed by atoms with Gasteiger partial charge in [-0.05, 0) is 75.7 Å². The average Bonchev–Trinajstić information content (AvgIpc) is 3.29. The molecule has 1 aromatic heterocycles. The number of amides is 2. The van der Waals surface area contributed by atoms with Gasteiger partial charge in [0.05, 0.1) is 11.3 Å². The lowest BCUT2D eigenvalue weighted by atomic mass is 9.99. The molecule has 176 valence electrons. The normalized spacial score (nSPS) is 15.7. The van der Waals surface area contributed by atoms with Crippen molar-refractivity contribution in [1.29, 1.82) is 0 Å². The van der Waals surface area contributed by atoms with Gasteiger partial charge in [-0.15, -0.1) is 0 Å². The maximum Gasteiger partial charge on any atom is 0.410 e. The van der Waals surface area contributed by atoms with Gasteiger partial charge in [-0.25, -0.2) is 4.79 Å². The van der Waals surface area contributed by atoms with E-state index in [1.807, 2.05) is 81.4 Å². The molecule has 7 heteroatoms. The zero-order valence-electron chi connectivity index (χ0n) is 19.7. The summed E-state index contributed by atoms with van der Waals surface area (Å²) in [6, 6.07) is 20.4. The Bertz CT molecular complexity index is 1170. The number of para-hydroxylation sites is 1. The molecule has 4 rings (SSSR count). The Balaban J connectivity index is 1.55. The van der Waals surface area contributed by atoms with Gasteiger partial charge in [-0.3, -0.25) is 9.78 Å². The van der Waals surface area contributed by atoms with Crippen molar-refractivity contribution < 1.29 is 19.1 Å². The van der Waals surface area contributed by atoms with Crippen molar-refractivity contribution >= 4 is 12.0 Å². The lowest BCUT2D eigenvalue weighted by Gasteiger charge is -2.24. The monoisotopic (exact) mass is 459 g/mol. The lowest BCUT2D eigenvalue weighted by molar-refractivity contribution is 0.0292. The molecule has 2 aromatic carbocycles. The van der Waals surface area contributed by atoms with Crippen molar-refractivity contribution in [3.8, 4) is 22.8 Å². The van der Waals surface area contributed by atoms with E-state index in [0.717, 1.165) is 23.4 Å². The number of nitrogens with two attached hydrogens (primary N) is 1. The van der Waals surface area contributed by atoms with Crippen LogP contribution in [-0.4, -0.2) is 40.6 Å². The van der Waals surface area contributed by atoms with Gasteiger partial charge in [0.25, 0.3) is 5.91 Å². The molecule has 1 aliphatic heterocycles. The highest BCUT2D eigenvalue weighted by Crippen LogP contribution is 2.31. The van der Waals surface area contributed by atoms with E-state index >= 15 is 0 Å². The fourth-order valence-electron chi connectivity index (χ4n) is 3.92. The van der Waals surface area contributed by atoms with Gasteiger partial charge in [0.2, 0.25) is 0 Å². The summed E-state index contributed by atoms with van der Waals surface area (Å²) in [6.07, 6.45) is 0.448. The maximum absolute atomic E-state index is 12.4. The second-order valence-corrected chi connectivity index (χ2v) is 9.35. The highest BCUT2D eigenvalue weighted by molar-refractivity contribution is 5.98. The second kappa shape index (κ2) is 9.55. The molecule has 0 bridgehead atoms. The Hall–Kier alpha value is -3.87. The number of carbonyl (C=O) groups is 2. The summed E-state index contributed by atoms with van der Waals surface area (Å²) in [7, 11) is 0. The van der Waals surface area contributed by atoms with Gasteiger partial charge in [0, 0.05) is 30.3 Å². The van der Waals surface area contributed by atoms with Crippen LogP contribution in [0.5, 0.6) is 11.5 Å². The van der Waals surface area contributed by atoms with Crippen LogP contribution in [0.15, 0.2) is 66.7 Å². The van der Waals surface area contributed by atoms with Crippen LogP contribution in [0.1, 0.15) is 49.2 Å². The second-order valence-electron chi connectivity index (χ2n) is 9.35. The number of pyridine rings is 1. The molecule has 1 aliphatic rings. The standard InChI is InChI=1S/C27H29N3O4/c1-27(2,3)34-26(32)30-16-15-19(17-30)23-14-13-22(25(28)31)24(29-23)18-9-11-21(12-10-18)33-20-7-5-4-6-8-20/h4-14,19H,15-17H2,1-3H3,(H2,28,31). The number of primary amides is 1. The van der Waals surface area contributed by atoms with Gasteiger partial charge in [-0.1, -0.05) is 18.2 Å². The third-order valence-electron chi connectivity index (χ3n) is 5.55. The van der Waals surface area contributed by atoms with Crippen LogP contribution in [0.25, 0.3) is 11.3 Å². The van der Waals surface area contributed by atoms with E-state index in [-0.39, 0.29) is 12.0 Å². The van der Waals surface area contributed by atoms with Crippen molar-refractivity contribution in [1.82, 2.24) is 9.88 Å². The fourth-order valence-corrected chi connectivity index (χ4v) is 3.92. The summed E-state index contributed by atoms with van der Waals surface area (Å²) in [6.45, 7) is 6.67. The van der Waals surface area contributed by atoms with Gasteiger partial charge in [0.15, 0.2) is 0 Å². The minimum Gasteiger partial charge on any atom is -0.457 e. The van der Waals surface area contributed by atoms with Crippen molar-refractivity contribution in [2.24, 2.45) is 5.73 Å². The molecule has 0 aliphatic carbocycles. The van der Waals surface area contributed by atoms with Gasteiger partial charge in [0.1, 0.15) is 17.1 Å². The number of benzene rings is 2. The topological polar surface area (TPSA) is 94.8 Å². The molecule has 1 unspecified atom stereocenters. The molecular weight excluding hydrogens is 430 g/mol. The molecule has 2 heterocycles. The van der Waals surface area contributed by atoms with E-state index < -0.39 is 11.5 Å². The quantitative estimate of drug-likeness (QED) is 0.554. The van der Waals surface area contributed by atoms with Gasteiger partial charge < -0.3 is 20.1 Å². The first kappa shape index (κ1) is 23.3. The van der Waals surface area contributed by atoms with Crippen molar-refractivity contribution in [3.63, 3.8) is 0 Å². The number of hydrogen-bond acceptors (Lipinski definition) is 5. The van der Waals surface area contributed by atoms with Crippen LogP contribution in [0.3, 0.4) is 0 Å². The summed E-state index contributed by atoms with van der Waals surface area (Å²) >= 11 is 0. The first-order valence-corrected chi connectivity index (χ1v) is 11.3. The van der Waals surface area contributed by atoms with E-state index in [1.54, 1.807) is 11.0 Å². The third kappa shape index (κ3) is 5.54. The van der Waals surface area contributed by atoms with Crippen LogP contribution < -0.4 is 10.5 Å².